The van der Waals surface area contributed by atoms with E-state index in [0.29, 0.717) is 51.4 Å². The summed E-state index contributed by atoms with van der Waals surface area (Å²) in [6.45, 7) is 4.01. The minimum Gasteiger partial charge on any atom is -0.496 e. The molecular weight excluding hydrogens is 643 g/mol. The molecule has 5 aromatic rings. The lowest BCUT2D eigenvalue weighted by molar-refractivity contribution is -0.254. The number of halogens is 7. The second kappa shape index (κ2) is 13.0. The maximum atomic E-state index is 14.5. The van der Waals surface area contributed by atoms with E-state index < -0.39 is 35.6 Å². The van der Waals surface area contributed by atoms with Crippen molar-refractivity contribution in [2.75, 3.05) is 7.11 Å². The molecule has 0 aliphatic heterocycles. The Kier molecular flexibility index (Phi) is 9.22. The number of hydrogen-bond acceptors (Lipinski definition) is 5. The third kappa shape index (κ3) is 6.97. The zero-order valence-electron chi connectivity index (χ0n) is 25.6. The Bertz CT molecular complexity index is 1990. The van der Waals surface area contributed by atoms with Gasteiger partial charge in [0.15, 0.2) is 11.5 Å². The van der Waals surface area contributed by atoms with Crippen LogP contribution >= 0.6 is 0 Å². The number of carbonyl (C=O) groups excluding carboxylic acids is 1. The van der Waals surface area contributed by atoms with Gasteiger partial charge in [0.2, 0.25) is 5.89 Å². The molecule has 0 aliphatic carbocycles. The van der Waals surface area contributed by atoms with E-state index in [4.69, 9.17) is 9.15 Å². The number of nitrogens with zero attached hydrogens (tertiary/aromatic N) is 2. The largest absolute Gasteiger partial charge is 0.496 e. The lowest BCUT2D eigenvalue weighted by atomic mass is 9.92. The molecule has 0 unspecified atom stereocenters. The van der Waals surface area contributed by atoms with Gasteiger partial charge >= 0.3 is 12.4 Å². The molecule has 0 spiro atoms. The van der Waals surface area contributed by atoms with Gasteiger partial charge in [-0.25, -0.2) is 9.37 Å². The molecule has 0 aliphatic rings. The van der Waals surface area contributed by atoms with E-state index in [0.717, 1.165) is 12.7 Å². The standard InChI is InChI=1S/C35H26F7N3O3/c1-18(2)24-12-20(16-43)13-28-30(24)48-33(45-28)23-10-8-22(9-11-23)32(46)44-17-19-4-6-21(7-5-19)25-14-26(27(36)15-29(25)47-3)31(34(37,38)39)35(40,41)42/h4-15,18,31H,17H2,1-3H3,(H,44,46). The molecule has 248 valence electrons. The minimum atomic E-state index is -5.78. The fraction of sp³-hybridized carbons (Fsp3) is 0.229. The number of aromatic nitrogens is 1. The minimum absolute atomic E-state index is 0.0429. The molecular formula is C35H26F7N3O3. The summed E-state index contributed by atoms with van der Waals surface area (Å²) >= 11 is 0. The summed E-state index contributed by atoms with van der Waals surface area (Å²) in [5.41, 5.74) is 2.38. The highest BCUT2D eigenvalue weighted by molar-refractivity contribution is 5.94. The lowest BCUT2D eigenvalue weighted by Crippen LogP contribution is -2.34. The van der Waals surface area contributed by atoms with Crippen molar-refractivity contribution >= 4 is 17.0 Å². The van der Waals surface area contributed by atoms with Gasteiger partial charge in [-0.1, -0.05) is 38.1 Å². The van der Waals surface area contributed by atoms with E-state index in [1.54, 1.807) is 36.4 Å². The van der Waals surface area contributed by atoms with Gasteiger partial charge in [-0.2, -0.15) is 31.6 Å². The highest BCUT2D eigenvalue weighted by Crippen LogP contribution is 2.49. The van der Waals surface area contributed by atoms with Crippen molar-refractivity contribution in [1.82, 2.24) is 10.3 Å². The maximum absolute atomic E-state index is 14.5. The highest BCUT2D eigenvalue weighted by atomic mass is 19.4. The van der Waals surface area contributed by atoms with Crippen LogP contribution in [0.25, 0.3) is 33.7 Å². The second-order valence-corrected chi connectivity index (χ2v) is 11.2. The molecule has 5 rings (SSSR count). The molecule has 0 fully saturated rings. The van der Waals surface area contributed by atoms with E-state index in [-0.39, 0.29) is 29.3 Å². The predicted octanol–water partition coefficient (Wildman–Crippen LogP) is 9.44. The van der Waals surface area contributed by atoms with Crippen LogP contribution in [0.5, 0.6) is 5.75 Å². The molecule has 0 saturated carbocycles. The van der Waals surface area contributed by atoms with Gasteiger partial charge in [-0.05, 0) is 59.5 Å². The van der Waals surface area contributed by atoms with Crippen LogP contribution in [0.3, 0.4) is 0 Å². The van der Waals surface area contributed by atoms with Crippen molar-refractivity contribution in [3.05, 3.63) is 106 Å². The van der Waals surface area contributed by atoms with Crippen LogP contribution in [0.1, 0.15) is 58.3 Å². The van der Waals surface area contributed by atoms with Crippen LogP contribution in [0, 0.1) is 17.1 Å². The summed E-state index contributed by atoms with van der Waals surface area (Å²) in [7, 11) is 1.11. The number of oxazole rings is 1. The molecule has 4 aromatic carbocycles. The van der Waals surface area contributed by atoms with Gasteiger partial charge in [0, 0.05) is 40.4 Å². The zero-order valence-corrected chi connectivity index (χ0v) is 25.6. The van der Waals surface area contributed by atoms with Crippen molar-refractivity contribution in [3.8, 4) is 34.4 Å². The number of nitriles is 1. The fourth-order valence-electron chi connectivity index (χ4n) is 5.25. The maximum Gasteiger partial charge on any atom is 0.404 e. The summed E-state index contributed by atoms with van der Waals surface area (Å²) < 4.78 is 106. The first-order valence-corrected chi connectivity index (χ1v) is 14.4. The molecule has 0 saturated heterocycles. The molecule has 1 heterocycles. The Morgan fingerprint density at radius 3 is 2.10 bits per heavy atom. The van der Waals surface area contributed by atoms with Crippen LogP contribution in [0.15, 0.2) is 77.2 Å². The molecule has 1 N–H and O–H groups in total. The number of benzene rings is 4. The number of rotatable bonds is 8. The Balaban J connectivity index is 1.31. The first-order chi connectivity index (χ1) is 22.6. The summed E-state index contributed by atoms with van der Waals surface area (Å²) in [5, 5.41) is 12.1. The summed E-state index contributed by atoms with van der Waals surface area (Å²) in [4.78, 5) is 17.4. The summed E-state index contributed by atoms with van der Waals surface area (Å²) in [6, 6.07) is 18.9. The first-order valence-electron chi connectivity index (χ1n) is 14.4. The number of fused-ring (bicyclic) bond motifs is 1. The third-order valence-electron chi connectivity index (χ3n) is 7.67. The Morgan fingerprint density at radius 1 is 0.917 bits per heavy atom. The molecule has 6 nitrogen and oxygen atoms in total. The van der Waals surface area contributed by atoms with Crippen molar-refractivity contribution in [1.29, 1.82) is 5.26 Å². The van der Waals surface area contributed by atoms with E-state index in [1.165, 1.54) is 24.3 Å². The van der Waals surface area contributed by atoms with E-state index in [1.807, 2.05) is 13.8 Å². The van der Waals surface area contributed by atoms with Gasteiger partial charge in [-0.15, -0.1) is 0 Å². The van der Waals surface area contributed by atoms with E-state index in [9.17, 15) is 40.8 Å². The molecule has 0 bridgehead atoms. The van der Waals surface area contributed by atoms with Gasteiger partial charge in [0.1, 0.15) is 17.1 Å². The van der Waals surface area contributed by atoms with Crippen molar-refractivity contribution in [2.24, 2.45) is 0 Å². The van der Waals surface area contributed by atoms with Crippen LogP contribution in [-0.2, 0) is 6.54 Å². The van der Waals surface area contributed by atoms with Gasteiger partial charge < -0.3 is 14.5 Å². The average molecular weight is 670 g/mol. The van der Waals surface area contributed by atoms with Gasteiger partial charge in [0.25, 0.3) is 5.91 Å². The van der Waals surface area contributed by atoms with Crippen molar-refractivity contribution in [3.63, 3.8) is 0 Å². The average Bonchev–Trinajstić information content (AvgIpc) is 3.47. The molecule has 1 amide bonds. The molecule has 0 radical (unpaired) electrons. The molecule has 1 aromatic heterocycles. The summed E-state index contributed by atoms with van der Waals surface area (Å²) in [5.74, 6) is -5.98. The van der Waals surface area contributed by atoms with Crippen LogP contribution in [0.2, 0.25) is 0 Å². The number of hydrogen-bond donors (Lipinski definition) is 1. The number of nitrogens with one attached hydrogen (secondary N) is 1. The SMILES string of the molecule is COc1cc(F)c(C(C(F)(F)F)C(F)(F)F)cc1-c1ccc(CNC(=O)c2ccc(-c3nc4cc(C#N)cc(C(C)C)c4o3)cc2)cc1. The Morgan fingerprint density at radius 2 is 1.54 bits per heavy atom. The molecule has 13 heteroatoms. The quantitative estimate of drug-likeness (QED) is 0.166. The monoisotopic (exact) mass is 669 g/mol. The second-order valence-electron chi connectivity index (χ2n) is 11.2. The zero-order chi connectivity index (χ0) is 35.0. The predicted molar refractivity (Wildman–Crippen MR) is 163 cm³/mol. The highest BCUT2D eigenvalue weighted by Gasteiger charge is 2.58. The summed E-state index contributed by atoms with van der Waals surface area (Å²) in [6.07, 6.45) is -11.6. The van der Waals surface area contributed by atoms with Crippen LogP contribution in [-0.4, -0.2) is 30.4 Å². The van der Waals surface area contributed by atoms with Crippen molar-refractivity contribution < 1.29 is 44.7 Å². The van der Waals surface area contributed by atoms with Gasteiger partial charge in [0.05, 0.1) is 18.7 Å². The molecule has 0 atom stereocenters. The number of alkyl halides is 6. The number of methoxy groups -OCH3 is 1. The topological polar surface area (TPSA) is 88.1 Å². The number of amides is 1. The van der Waals surface area contributed by atoms with E-state index in [2.05, 4.69) is 16.4 Å². The fourth-order valence-corrected chi connectivity index (χ4v) is 5.25. The molecule has 48 heavy (non-hydrogen) atoms. The van der Waals surface area contributed by atoms with Gasteiger partial charge in [-0.3, -0.25) is 4.79 Å². The Hall–Kier alpha value is -5.38. The smallest absolute Gasteiger partial charge is 0.404 e. The normalized spacial score (nSPS) is 12.1. The number of ether oxygens (including phenoxy) is 1. The van der Waals surface area contributed by atoms with Crippen LogP contribution < -0.4 is 10.1 Å². The first kappa shape index (κ1) is 34.0. The number of carbonyl (C=O) groups is 1. The lowest BCUT2D eigenvalue weighted by Gasteiger charge is -2.24. The Labute approximate surface area is 269 Å². The third-order valence-corrected chi connectivity index (χ3v) is 7.67. The van der Waals surface area contributed by atoms with Crippen LogP contribution in [0.4, 0.5) is 30.7 Å². The van der Waals surface area contributed by atoms with Crippen molar-refractivity contribution in [2.45, 2.75) is 44.6 Å². The van der Waals surface area contributed by atoms with E-state index >= 15 is 0 Å².